The largest absolute Gasteiger partial charge is 0.437 e. The number of rotatable bonds is 7. The van der Waals surface area contributed by atoms with Crippen LogP contribution >= 0.6 is 34.7 Å². The standard InChI is InChI=1S/C28H23ClF3N3O3S2/c1-15-7-5-10-20(16(15)2)34-22(36)14-40-26-18(13-33)23(17-8-3-4-9-19(17)29)24(25(37)21-11-6-12-39-21)27(38,35-26)28(30,31)32/h3-12,23-24,35,38H,14H2,1-2H3,(H,34,36). The number of hydrogen-bond acceptors (Lipinski definition) is 7. The molecule has 3 atom stereocenters. The molecule has 3 N–H and O–H groups in total. The van der Waals surface area contributed by atoms with E-state index < -0.39 is 35.4 Å². The minimum absolute atomic E-state index is 0.0205. The number of alkyl halides is 3. The molecule has 12 heteroatoms. The first-order chi connectivity index (χ1) is 18.9. The number of amides is 1. The van der Waals surface area contributed by atoms with E-state index in [0.29, 0.717) is 17.4 Å². The summed E-state index contributed by atoms with van der Waals surface area (Å²) in [6, 6.07) is 16.0. The van der Waals surface area contributed by atoms with Crippen LogP contribution in [0.3, 0.4) is 0 Å². The number of nitrogens with one attached hydrogen (secondary N) is 2. The average Bonchev–Trinajstić information content (AvgIpc) is 3.44. The molecule has 0 fully saturated rings. The van der Waals surface area contributed by atoms with Crippen LogP contribution in [0.15, 0.2) is 70.6 Å². The summed E-state index contributed by atoms with van der Waals surface area (Å²) < 4.78 is 44.0. The number of allylic oxidation sites excluding steroid dienone is 1. The van der Waals surface area contributed by atoms with Crippen molar-refractivity contribution in [1.29, 1.82) is 5.26 Å². The van der Waals surface area contributed by atoms with Crippen molar-refractivity contribution in [3.63, 3.8) is 0 Å². The Morgan fingerprint density at radius 1 is 1.18 bits per heavy atom. The molecule has 1 aliphatic rings. The van der Waals surface area contributed by atoms with Crippen LogP contribution in [0.5, 0.6) is 0 Å². The van der Waals surface area contributed by atoms with Crippen molar-refractivity contribution in [2.75, 3.05) is 11.1 Å². The number of benzene rings is 2. The Balaban J connectivity index is 1.80. The van der Waals surface area contributed by atoms with Gasteiger partial charge in [0.15, 0.2) is 5.78 Å². The molecular formula is C28H23ClF3N3O3S2. The summed E-state index contributed by atoms with van der Waals surface area (Å²) in [6.07, 6.45) is -5.35. The van der Waals surface area contributed by atoms with Crippen molar-refractivity contribution in [3.8, 4) is 6.07 Å². The molecule has 0 saturated carbocycles. The second kappa shape index (κ2) is 11.7. The monoisotopic (exact) mass is 605 g/mol. The molecule has 40 heavy (non-hydrogen) atoms. The van der Waals surface area contributed by atoms with Gasteiger partial charge in [-0.15, -0.1) is 11.3 Å². The Morgan fingerprint density at radius 2 is 1.90 bits per heavy atom. The maximum atomic E-state index is 14.7. The number of ketones is 1. The molecule has 0 spiro atoms. The Bertz CT molecular complexity index is 1520. The third kappa shape index (κ3) is 5.63. The van der Waals surface area contributed by atoms with Crippen molar-refractivity contribution < 1.29 is 27.9 Å². The maximum Gasteiger partial charge on any atom is 0.437 e. The van der Waals surface area contributed by atoms with Crippen LogP contribution in [0.25, 0.3) is 0 Å². The number of hydrogen-bond donors (Lipinski definition) is 3. The fraction of sp³-hybridized carbons (Fsp3) is 0.250. The van der Waals surface area contributed by atoms with Gasteiger partial charge in [0.1, 0.15) is 0 Å². The molecule has 2 heterocycles. The molecule has 0 aliphatic carbocycles. The summed E-state index contributed by atoms with van der Waals surface area (Å²) in [5, 5.41) is 27.4. The minimum Gasteiger partial charge on any atom is -0.363 e. The second-order valence-electron chi connectivity index (χ2n) is 9.15. The minimum atomic E-state index is -5.35. The molecule has 3 unspecified atom stereocenters. The van der Waals surface area contributed by atoms with Crippen molar-refractivity contribution in [2.24, 2.45) is 5.92 Å². The van der Waals surface area contributed by atoms with Crippen molar-refractivity contribution in [2.45, 2.75) is 31.7 Å². The number of halogens is 4. The van der Waals surface area contributed by atoms with Gasteiger partial charge >= 0.3 is 6.18 Å². The van der Waals surface area contributed by atoms with Crippen LogP contribution in [0.2, 0.25) is 5.02 Å². The summed E-state index contributed by atoms with van der Waals surface area (Å²) >= 11 is 7.92. The van der Waals surface area contributed by atoms with E-state index in [0.717, 1.165) is 22.5 Å². The van der Waals surface area contributed by atoms with Gasteiger partial charge in [-0.25, -0.2) is 0 Å². The zero-order chi connectivity index (χ0) is 29.2. The summed E-state index contributed by atoms with van der Waals surface area (Å²) in [5.41, 5.74) is -1.65. The Morgan fingerprint density at radius 3 is 2.52 bits per heavy atom. The van der Waals surface area contributed by atoms with Gasteiger partial charge in [-0.1, -0.05) is 59.8 Å². The zero-order valence-electron chi connectivity index (χ0n) is 21.2. The number of nitrogens with zero attached hydrogens (tertiary/aromatic N) is 1. The SMILES string of the molecule is Cc1cccc(NC(=O)CSC2=C(C#N)C(c3ccccc3Cl)C(C(=O)c3cccs3)C(O)(C(F)(F)F)N2)c1C. The molecule has 1 amide bonds. The van der Waals surface area contributed by atoms with E-state index in [9.17, 15) is 33.1 Å². The number of aliphatic hydroxyl groups is 1. The van der Waals surface area contributed by atoms with Crippen LogP contribution < -0.4 is 10.6 Å². The van der Waals surface area contributed by atoms with Gasteiger partial charge in [-0.3, -0.25) is 9.59 Å². The predicted molar refractivity (Wildman–Crippen MR) is 150 cm³/mol. The van der Waals surface area contributed by atoms with E-state index in [-0.39, 0.29) is 31.8 Å². The highest BCUT2D eigenvalue weighted by Crippen LogP contribution is 2.52. The van der Waals surface area contributed by atoms with Gasteiger partial charge in [0.05, 0.1) is 33.2 Å². The number of anilines is 1. The van der Waals surface area contributed by atoms with Gasteiger partial charge in [0, 0.05) is 16.6 Å². The van der Waals surface area contributed by atoms with E-state index in [1.165, 1.54) is 35.7 Å². The summed E-state index contributed by atoms with van der Waals surface area (Å²) in [5.74, 6) is -5.67. The van der Waals surface area contributed by atoms with E-state index in [1.54, 1.807) is 18.2 Å². The van der Waals surface area contributed by atoms with Gasteiger partial charge < -0.3 is 15.7 Å². The lowest BCUT2D eigenvalue weighted by molar-refractivity contribution is -0.285. The van der Waals surface area contributed by atoms with E-state index in [4.69, 9.17) is 11.6 Å². The quantitative estimate of drug-likeness (QED) is 0.264. The number of carbonyl (C=O) groups is 2. The number of thioether (sulfide) groups is 1. The molecule has 1 aromatic heterocycles. The normalized spacial score (nSPS) is 20.9. The predicted octanol–water partition coefficient (Wildman–Crippen LogP) is 6.56. The number of carbonyl (C=O) groups excluding carboxylic acids is 2. The molecule has 2 aromatic carbocycles. The molecule has 4 rings (SSSR count). The highest BCUT2D eigenvalue weighted by molar-refractivity contribution is 8.03. The van der Waals surface area contributed by atoms with E-state index >= 15 is 0 Å². The number of aryl methyl sites for hydroxylation is 1. The summed E-state index contributed by atoms with van der Waals surface area (Å²) in [7, 11) is 0. The molecule has 0 radical (unpaired) electrons. The lowest BCUT2D eigenvalue weighted by Gasteiger charge is -2.45. The van der Waals surface area contributed by atoms with Crippen LogP contribution in [0.4, 0.5) is 18.9 Å². The molecule has 1 aliphatic heterocycles. The Hall–Kier alpha value is -3.30. The van der Waals surface area contributed by atoms with Gasteiger partial charge in [0.25, 0.3) is 0 Å². The molecule has 3 aromatic rings. The third-order valence-electron chi connectivity index (χ3n) is 6.71. The molecule has 0 saturated heterocycles. The summed E-state index contributed by atoms with van der Waals surface area (Å²) in [6.45, 7) is 3.69. The van der Waals surface area contributed by atoms with Gasteiger partial charge in [-0.05, 0) is 54.1 Å². The van der Waals surface area contributed by atoms with Crippen molar-refractivity contribution >= 4 is 52.1 Å². The van der Waals surface area contributed by atoms with Crippen LogP contribution in [0, 0.1) is 31.1 Å². The van der Waals surface area contributed by atoms with Crippen molar-refractivity contribution in [3.05, 3.63) is 97.2 Å². The average molecular weight is 606 g/mol. The van der Waals surface area contributed by atoms with Gasteiger partial charge in [-0.2, -0.15) is 18.4 Å². The third-order valence-corrected chi connectivity index (χ3v) is 8.95. The first-order valence-electron chi connectivity index (χ1n) is 11.9. The fourth-order valence-electron chi connectivity index (χ4n) is 4.53. The van der Waals surface area contributed by atoms with Crippen LogP contribution in [0.1, 0.15) is 32.3 Å². The van der Waals surface area contributed by atoms with Crippen LogP contribution in [-0.2, 0) is 4.79 Å². The summed E-state index contributed by atoms with van der Waals surface area (Å²) in [4.78, 5) is 26.3. The lowest BCUT2D eigenvalue weighted by atomic mass is 9.70. The fourth-order valence-corrected chi connectivity index (χ4v) is 6.40. The maximum absolute atomic E-state index is 14.7. The lowest BCUT2D eigenvalue weighted by Crippen LogP contribution is -2.66. The Labute approximate surface area is 241 Å². The zero-order valence-corrected chi connectivity index (χ0v) is 23.6. The highest BCUT2D eigenvalue weighted by atomic mass is 35.5. The van der Waals surface area contributed by atoms with Crippen LogP contribution in [-0.4, -0.2) is 34.5 Å². The van der Waals surface area contributed by atoms with E-state index in [2.05, 4.69) is 5.32 Å². The first-order valence-corrected chi connectivity index (χ1v) is 14.2. The number of Topliss-reactive ketones (excluding diaryl/α,β-unsaturated/α-hetero) is 1. The Kier molecular flexibility index (Phi) is 8.66. The number of thiophene rings is 1. The smallest absolute Gasteiger partial charge is 0.363 e. The first kappa shape index (κ1) is 29.7. The van der Waals surface area contributed by atoms with E-state index in [1.807, 2.05) is 31.3 Å². The molecule has 208 valence electrons. The topological polar surface area (TPSA) is 102 Å². The molecule has 6 nitrogen and oxygen atoms in total. The molecule has 0 bridgehead atoms. The highest BCUT2D eigenvalue weighted by Gasteiger charge is 2.66. The second-order valence-corrected chi connectivity index (χ2v) is 11.5. The van der Waals surface area contributed by atoms with Crippen molar-refractivity contribution in [1.82, 2.24) is 5.32 Å². The van der Waals surface area contributed by atoms with Gasteiger partial charge in [0.2, 0.25) is 11.6 Å². The number of nitriles is 1. The molecular weight excluding hydrogens is 583 g/mol.